The summed E-state index contributed by atoms with van der Waals surface area (Å²) in [5, 5.41) is 5.35. The van der Waals surface area contributed by atoms with Crippen LogP contribution in [0.25, 0.3) is 10.7 Å². The molecule has 0 aliphatic carbocycles. The van der Waals surface area contributed by atoms with Crippen molar-refractivity contribution in [2.45, 2.75) is 32.6 Å². The smallest absolute Gasteiger partial charge is 0.230 e. The zero-order valence-corrected chi connectivity index (χ0v) is 13.2. The molecule has 6 heteroatoms. The minimum Gasteiger partial charge on any atom is -0.354 e. The van der Waals surface area contributed by atoms with Crippen LogP contribution in [-0.4, -0.2) is 34.6 Å². The molecule has 112 valence electrons. The van der Waals surface area contributed by atoms with Crippen molar-refractivity contribution >= 4 is 23.2 Å². The fraction of sp³-hybridized carbons (Fsp3) is 0.533. The molecule has 0 atom stereocenters. The zero-order chi connectivity index (χ0) is 14.5. The van der Waals surface area contributed by atoms with Crippen LogP contribution in [0.15, 0.2) is 17.5 Å². The summed E-state index contributed by atoms with van der Waals surface area (Å²) < 4.78 is 0. The van der Waals surface area contributed by atoms with E-state index in [0.717, 1.165) is 42.7 Å². The van der Waals surface area contributed by atoms with Crippen molar-refractivity contribution in [1.82, 2.24) is 15.0 Å². The standard InChI is InChI=1S/C15H21N5S/c1-2-8-16-14-17-13(12-7-6-11-21-12)18-15(19-14)20-9-4-3-5-10-20/h6-7,11H,2-5,8-10H2,1H3,(H,16,17,18,19). The minimum atomic E-state index is 0.691. The van der Waals surface area contributed by atoms with Crippen LogP contribution in [0.1, 0.15) is 32.6 Å². The van der Waals surface area contributed by atoms with Crippen molar-refractivity contribution in [2.75, 3.05) is 29.9 Å². The Hall–Kier alpha value is -1.69. The molecular formula is C15H21N5S. The molecule has 5 nitrogen and oxygen atoms in total. The molecule has 1 aliphatic rings. The molecule has 2 aromatic rings. The largest absolute Gasteiger partial charge is 0.354 e. The lowest BCUT2D eigenvalue weighted by atomic mass is 10.1. The summed E-state index contributed by atoms with van der Waals surface area (Å²) in [7, 11) is 0. The molecule has 0 amide bonds. The van der Waals surface area contributed by atoms with E-state index in [1.807, 2.05) is 6.07 Å². The van der Waals surface area contributed by atoms with Gasteiger partial charge in [0.1, 0.15) is 0 Å². The number of anilines is 2. The maximum absolute atomic E-state index is 4.68. The van der Waals surface area contributed by atoms with E-state index in [-0.39, 0.29) is 0 Å². The van der Waals surface area contributed by atoms with Gasteiger partial charge in [-0.2, -0.15) is 15.0 Å². The van der Waals surface area contributed by atoms with E-state index in [1.54, 1.807) is 11.3 Å². The van der Waals surface area contributed by atoms with Crippen LogP contribution in [0.2, 0.25) is 0 Å². The second kappa shape index (κ2) is 6.85. The van der Waals surface area contributed by atoms with Gasteiger partial charge in [-0.25, -0.2) is 0 Å². The van der Waals surface area contributed by atoms with E-state index in [0.29, 0.717) is 5.95 Å². The fourth-order valence-electron chi connectivity index (χ4n) is 2.43. The normalized spacial score (nSPS) is 15.2. The summed E-state index contributed by atoms with van der Waals surface area (Å²) in [6.07, 6.45) is 4.80. The molecule has 1 N–H and O–H groups in total. The molecule has 0 saturated carbocycles. The van der Waals surface area contributed by atoms with Crippen LogP contribution in [0.5, 0.6) is 0 Å². The van der Waals surface area contributed by atoms with Gasteiger partial charge in [0.2, 0.25) is 11.9 Å². The highest BCUT2D eigenvalue weighted by Crippen LogP contribution is 2.25. The minimum absolute atomic E-state index is 0.691. The molecule has 0 aromatic carbocycles. The van der Waals surface area contributed by atoms with Crippen molar-refractivity contribution in [1.29, 1.82) is 0 Å². The van der Waals surface area contributed by atoms with Crippen molar-refractivity contribution in [3.63, 3.8) is 0 Å². The van der Waals surface area contributed by atoms with Gasteiger partial charge in [-0.1, -0.05) is 13.0 Å². The number of piperidine rings is 1. The molecule has 3 rings (SSSR count). The van der Waals surface area contributed by atoms with Crippen LogP contribution in [0, 0.1) is 0 Å². The molecule has 0 bridgehead atoms. The van der Waals surface area contributed by atoms with E-state index >= 15 is 0 Å². The van der Waals surface area contributed by atoms with Crippen molar-refractivity contribution < 1.29 is 0 Å². The summed E-state index contributed by atoms with van der Waals surface area (Å²) in [5.41, 5.74) is 0. The number of aromatic nitrogens is 3. The van der Waals surface area contributed by atoms with Crippen LogP contribution in [0.3, 0.4) is 0 Å². The Labute approximate surface area is 129 Å². The predicted molar refractivity (Wildman–Crippen MR) is 88.0 cm³/mol. The molecule has 0 spiro atoms. The van der Waals surface area contributed by atoms with E-state index in [1.165, 1.54) is 19.3 Å². The van der Waals surface area contributed by atoms with E-state index < -0.39 is 0 Å². The second-order valence-corrected chi connectivity index (χ2v) is 6.18. The first-order valence-electron chi connectivity index (χ1n) is 7.65. The first kappa shape index (κ1) is 14.3. The first-order chi connectivity index (χ1) is 10.4. The molecule has 0 radical (unpaired) electrons. The Balaban J connectivity index is 1.92. The van der Waals surface area contributed by atoms with Crippen LogP contribution >= 0.6 is 11.3 Å². The molecule has 2 aromatic heterocycles. The SMILES string of the molecule is CCCNc1nc(-c2cccs2)nc(N2CCCCC2)n1. The van der Waals surface area contributed by atoms with Gasteiger partial charge >= 0.3 is 0 Å². The van der Waals surface area contributed by atoms with E-state index in [2.05, 4.69) is 43.5 Å². The predicted octanol–water partition coefficient (Wildman–Crippen LogP) is 3.41. The molecular weight excluding hydrogens is 282 g/mol. The summed E-state index contributed by atoms with van der Waals surface area (Å²) in [4.78, 5) is 17.2. The summed E-state index contributed by atoms with van der Waals surface area (Å²) in [5.74, 6) is 2.28. The quantitative estimate of drug-likeness (QED) is 0.917. The van der Waals surface area contributed by atoms with Gasteiger partial charge in [0.15, 0.2) is 5.82 Å². The van der Waals surface area contributed by atoms with Gasteiger partial charge in [0.05, 0.1) is 4.88 Å². The van der Waals surface area contributed by atoms with E-state index in [9.17, 15) is 0 Å². The van der Waals surface area contributed by atoms with Crippen molar-refractivity contribution in [2.24, 2.45) is 0 Å². The highest BCUT2D eigenvalue weighted by Gasteiger charge is 2.17. The fourth-order valence-corrected chi connectivity index (χ4v) is 3.09. The lowest BCUT2D eigenvalue weighted by molar-refractivity contribution is 0.568. The highest BCUT2D eigenvalue weighted by molar-refractivity contribution is 7.13. The molecule has 1 fully saturated rings. The van der Waals surface area contributed by atoms with Crippen LogP contribution in [0.4, 0.5) is 11.9 Å². The van der Waals surface area contributed by atoms with Gasteiger partial charge in [-0.3, -0.25) is 0 Å². The topological polar surface area (TPSA) is 53.9 Å². The average molecular weight is 303 g/mol. The summed E-state index contributed by atoms with van der Waals surface area (Å²) in [6, 6.07) is 4.09. The van der Waals surface area contributed by atoms with Gasteiger partial charge < -0.3 is 10.2 Å². The third kappa shape index (κ3) is 3.50. The Morgan fingerprint density at radius 3 is 2.76 bits per heavy atom. The number of hydrogen-bond donors (Lipinski definition) is 1. The molecule has 3 heterocycles. The average Bonchev–Trinajstić information content (AvgIpc) is 3.08. The zero-order valence-electron chi connectivity index (χ0n) is 12.4. The maximum atomic E-state index is 4.68. The molecule has 0 unspecified atom stereocenters. The maximum Gasteiger partial charge on any atom is 0.230 e. The van der Waals surface area contributed by atoms with Gasteiger partial charge in [0, 0.05) is 19.6 Å². The lowest BCUT2D eigenvalue weighted by Crippen LogP contribution is -2.31. The summed E-state index contributed by atoms with van der Waals surface area (Å²) in [6.45, 7) is 5.11. The highest BCUT2D eigenvalue weighted by atomic mass is 32.1. The number of nitrogens with one attached hydrogen (secondary N) is 1. The van der Waals surface area contributed by atoms with Gasteiger partial charge in [-0.15, -0.1) is 11.3 Å². The third-order valence-corrected chi connectivity index (χ3v) is 4.40. The lowest BCUT2D eigenvalue weighted by Gasteiger charge is -2.26. The number of nitrogens with zero attached hydrogens (tertiary/aromatic N) is 4. The van der Waals surface area contributed by atoms with Crippen molar-refractivity contribution in [3.05, 3.63) is 17.5 Å². The Morgan fingerprint density at radius 2 is 2.05 bits per heavy atom. The van der Waals surface area contributed by atoms with Crippen molar-refractivity contribution in [3.8, 4) is 10.7 Å². The Kier molecular flexibility index (Phi) is 4.65. The summed E-state index contributed by atoms with van der Waals surface area (Å²) >= 11 is 1.66. The number of hydrogen-bond acceptors (Lipinski definition) is 6. The third-order valence-electron chi connectivity index (χ3n) is 3.54. The molecule has 1 aliphatic heterocycles. The van der Waals surface area contributed by atoms with Crippen LogP contribution < -0.4 is 10.2 Å². The molecule has 1 saturated heterocycles. The van der Waals surface area contributed by atoms with Gasteiger partial charge in [-0.05, 0) is 37.1 Å². The first-order valence-corrected chi connectivity index (χ1v) is 8.53. The van der Waals surface area contributed by atoms with Crippen LogP contribution in [-0.2, 0) is 0 Å². The second-order valence-electron chi connectivity index (χ2n) is 5.23. The van der Waals surface area contributed by atoms with Gasteiger partial charge in [0.25, 0.3) is 0 Å². The molecule has 21 heavy (non-hydrogen) atoms. The monoisotopic (exact) mass is 303 g/mol. The number of rotatable bonds is 5. The number of thiophene rings is 1. The Morgan fingerprint density at radius 1 is 1.19 bits per heavy atom. The van der Waals surface area contributed by atoms with E-state index in [4.69, 9.17) is 0 Å². The Bertz CT molecular complexity index is 563.